The molecule has 8 heteroatoms. The van der Waals surface area contributed by atoms with Gasteiger partial charge in [-0.25, -0.2) is 8.42 Å². The lowest BCUT2D eigenvalue weighted by Crippen LogP contribution is -2.44. The third-order valence-corrected chi connectivity index (χ3v) is 3.93. The van der Waals surface area contributed by atoms with Crippen molar-refractivity contribution in [2.24, 2.45) is 5.92 Å². The zero-order chi connectivity index (χ0) is 13.9. The molecule has 18 heavy (non-hydrogen) atoms. The van der Waals surface area contributed by atoms with Crippen LogP contribution in [0.5, 0.6) is 0 Å². The normalized spacial score (nSPS) is 13.8. The predicted octanol–water partition coefficient (Wildman–Crippen LogP) is 0.290. The van der Waals surface area contributed by atoms with E-state index in [9.17, 15) is 13.2 Å². The van der Waals surface area contributed by atoms with Crippen LogP contribution in [0.25, 0.3) is 0 Å². The molecule has 1 heterocycles. The zero-order valence-electron chi connectivity index (χ0n) is 10.5. The molecule has 0 spiro atoms. The molecule has 0 aliphatic rings. The molecule has 0 saturated carbocycles. The average molecular weight is 275 g/mol. The Morgan fingerprint density at radius 3 is 2.61 bits per heavy atom. The Bertz CT molecular complexity index is 521. The molecule has 0 unspecified atom stereocenters. The summed E-state index contributed by atoms with van der Waals surface area (Å²) in [4.78, 5) is 11.0. The molecular weight excluding hydrogens is 258 g/mol. The molecule has 1 aromatic rings. The van der Waals surface area contributed by atoms with E-state index in [-0.39, 0.29) is 10.9 Å². The first-order chi connectivity index (χ1) is 8.29. The number of carboxylic acid groups (broad SMARTS) is 1. The number of hydrogen-bond acceptors (Lipinski definition) is 4. The molecule has 7 nitrogen and oxygen atoms in total. The first-order valence-electron chi connectivity index (χ1n) is 5.56. The van der Waals surface area contributed by atoms with Crippen LogP contribution in [0.1, 0.15) is 20.8 Å². The highest BCUT2D eigenvalue weighted by Gasteiger charge is 2.29. The van der Waals surface area contributed by atoms with Crippen molar-refractivity contribution in [3.8, 4) is 0 Å². The van der Waals surface area contributed by atoms with Crippen molar-refractivity contribution in [1.82, 2.24) is 14.5 Å². The lowest BCUT2D eigenvalue weighted by atomic mass is 10.1. The molecular formula is C10H17N3O4S. The van der Waals surface area contributed by atoms with Gasteiger partial charge in [0, 0.05) is 6.54 Å². The first kappa shape index (κ1) is 14.7. The largest absolute Gasteiger partial charge is 0.480 e. The molecule has 1 aromatic heterocycles. The van der Waals surface area contributed by atoms with Crippen LogP contribution in [0.4, 0.5) is 0 Å². The molecule has 0 amide bonds. The Labute approximate surface area is 106 Å². The Morgan fingerprint density at radius 2 is 2.17 bits per heavy atom. The minimum atomic E-state index is -3.88. The van der Waals surface area contributed by atoms with Gasteiger partial charge in [0.15, 0.2) is 5.03 Å². The van der Waals surface area contributed by atoms with Crippen molar-refractivity contribution in [2.45, 2.75) is 38.4 Å². The Balaban J connectivity index is 3.05. The van der Waals surface area contributed by atoms with Crippen LogP contribution in [-0.2, 0) is 21.4 Å². The summed E-state index contributed by atoms with van der Waals surface area (Å²) in [5, 5.41) is 12.8. The third kappa shape index (κ3) is 3.08. The highest BCUT2D eigenvalue weighted by Crippen LogP contribution is 2.11. The van der Waals surface area contributed by atoms with E-state index in [2.05, 4.69) is 9.82 Å². The summed E-state index contributed by atoms with van der Waals surface area (Å²) in [5.74, 6) is -1.55. The van der Waals surface area contributed by atoms with Crippen molar-refractivity contribution < 1.29 is 18.3 Å². The molecule has 1 rings (SSSR count). The second kappa shape index (κ2) is 5.49. The summed E-state index contributed by atoms with van der Waals surface area (Å²) in [7, 11) is -3.88. The van der Waals surface area contributed by atoms with E-state index >= 15 is 0 Å². The fourth-order valence-corrected chi connectivity index (χ4v) is 3.01. The molecule has 0 aromatic carbocycles. The summed E-state index contributed by atoms with van der Waals surface area (Å²) in [6.45, 7) is 5.42. The summed E-state index contributed by atoms with van der Waals surface area (Å²) >= 11 is 0. The van der Waals surface area contributed by atoms with Gasteiger partial charge in [-0.15, -0.1) is 0 Å². The standard InChI is InChI=1S/C10H17N3O4S/c1-4-13-8(5-6-11-13)18(16,17)12-9(7(2)3)10(14)15/h5-7,9,12H,4H2,1-3H3,(H,14,15)/t9-/m0/s1. The molecule has 0 saturated heterocycles. The second-order valence-corrected chi connectivity index (χ2v) is 5.83. The van der Waals surface area contributed by atoms with Crippen LogP contribution in [0.15, 0.2) is 17.3 Å². The van der Waals surface area contributed by atoms with Gasteiger partial charge in [0.25, 0.3) is 10.0 Å². The van der Waals surface area contributed by atoms with Crippen molar-refractivity contribution >= 4 is 16.0 Å². The number of hydrogen-bond donors (Lipinski definition) is 2. The maximum atomic E-state index is 12.1. The molecule has 0 radical (unpaired) electrons. The molecule has 102 valence electrons. The third-order valence-electron chi connectivity index (χ3n) is 2.47. The van der Waals surface area contributed by atoms with E-state index in [0.717, 1.165) is 0 Å². The van der Waals surface area contributed by atoms with Gasteiger partial charge in [0.2, 0.25) is 0 Å². The maximum absolute atomic E-state index is 12.1. The highest BCUT2D eigenvalue weighted by molar-refractivity contribution is 7.89. The van der Waals surface area contributed by atoms with E-state index in [1.807, 2.05) is 0 Å². The van der Waals surface area contributed by atoms with Gasteiger partial charge in [-0.3, -0.25) is 9.48 Å². The molecule has 2 N–H and O–H groups in total. The number of aryl methyl sites for hydroxylation is 1. The summed E-state index contributed by atoms with van der Waals surface area (Å²) < 4.78 is 27.6. The minimum absolute atomic E-state index is 0.0306. The summed E-state index contributed by atoms with van der Waals surface area (Å²) in [6.07, 6.45) is 1.36. The van der Waals surface area contributed by atoms with Gasteiger partial charge in [0.1, 0.15) is 6.04 Å². The first-order valence-corrected chi connectivity index (χ1v) is 7.05. The lowest BCUT2D eigenvalue weighted by Gasteiger charge is -2.18. The van der Waals surface area contributed by atoms with Gasteiger partial charge < -0.3 is 5.11 Å². The topological polar surface area (TPSA) is 101 Å². The fraction of sp³-hybridized carbons (Fsp3) is 0.600. The SMILES string of the molecule is CCn1nccc1S(=O)(=O)N[C@H](C(=O)O)C(C)C. The molecule has 1 atom stereocenters. The Kier molecular flexibility index (Phi) is 4.47. The quantitative estimate of drug-likeness (QED) is 0.777. The van der Waals surface area contributed by atoms with Crippen molar-refractivity contribution in [3.63, 3.8) is 0 Å². The van der Waals surface area contributed by atoms with Gasteiger partial charge in [-0.05, 0) is 18.9 Å². The summed E-state index contributed by atoms with van der Waals surface area (Å²) in [5.41, 5.74) is 0. The van der Waals surface area contributed by atoms with E-state index in [1.165, 1.54) is 16.9 Å². The van der Waals surface area contributed by atoms with Crippen LogP contribution in [-0.4, -0.2) is 35.3 Å². The number of nitrogens with zero attached hydrogens (tertiary/aromatic N) is 2. The number of carboxylic acids is 1. The number of rotatable bonds is 6. The van der Waals surface area contributed by atoms with Crippen LogP contribution in [0, 0.1) is 5.92 Å². The van der Waals surface area contributed by atoms with Gasteiger partial charge in [-0.2, -0.15) is 9.82 Å². The molecule has 0 aliphatic heterocycles. The van der Waals surface area contributed by atoms with Gasteiger partial charge in [0.05, 0.1) is 6.20 Å². The lowest BCUT2D eigenvalue weighted by molar-refractivity contribution is -0.140. The van der Waals surface area contributed by atoms with Crippen molar-refractivity contribution in [2.75, 3.05) is 0 Å². The van der Waals surface area contributed by atoms with E-state index in [0.29, 0.717) is 6.54 Å². The van der Waals surface area contributed by atoms with Crippen molar-refractivity contribution in [1.29, 1.82) is 0 Å². The number of aliphatic carboxylic acids is 1. The Hall–Kier alpha value is -1.41. The number of aromatic nitrogens is 2. The number of sulfonamides is 1. The Morgan fingerprint density at radius 1 is 1.56 bits per heavy atom. The molecule has 0 bridgehead atoms. The second-order valence-electron chi connectivity index (χ2n) is 4.17. The highest BCUT2D eigenvalue weighted by atomic mass is 32.2. The van der Waals surface area contributed by atoms with Crippen LogP contribution in [0.2, 0.25) is 0 Å². The average Bonchev–Trinajstić information content (AvgIpc) is 2.73. The van der Waals surface area contributed by atoms with Crippen molar-refractivity contribution in [3.05, 3.63) is 12.3 Å². The van der Waals surface area contributed by atoms with Crippen LogP contribution in [0.3, 0.4) is 0 Å². The molecule has 0 fully saturated rings. The van der Waals surface area contributed by atoms with Gasteiger partial charge in [-0.1, -0.05) is 13.8 Å². The monoisotopic (exact) mass is 275 g/mol. The molecule has 0 aliphatic carbocycles. The minimum Gasteiger partial charge on any atom is -0.480 e. The number of nitrogens with one attached hydrogen (secondary N) is 1. The van der Waals surface area contributed by atoms with Crippen LogP contribution >= 0.6 is 0 Å². The maximum Gasteiger partial charge on any atom is 0.322 e. The van der Waals surface area contributed by atoms with Gasteiger partial charge >= 0.3 is 5.97 Å². The number of carbonyl (C=O) groups is 1. The van der Waals surface area contributed by atoms with E-state index in [1.54, 1.807) is 20.8 Å². The predicted molar refractivity (Wildman–Crippen MR) is 64.5 cm³/mol. The summed E-state index contributed by atoms with van der Waals surface area (Å²) in [6, 6.07) is 0.181. The van der Waals surface area contributed by atoms with E-state index < -0.39 is 22.0 Å². The van der Waals surface area contributed by atoms with Crippen LogP contribution < -0.4 is 4.72 Å². The smallest absolute Gasteiger partial charge is 0.322 e. The van der Waals surface area contributed by atoms with E-state index in [4.69, 9.17) is 5.11 Å². The zero-order valence-corrected chi connectivity index (χ0v) is 11.3. The fourth-order valence-electron chi connectivity index (χ4n) is 1.49.